The number of nitrogens with one attached hydrogen (secondary N) is 2. The van der Waals surface area contributed by atoms with Gasteiger partial charge in [0.1, 0.15) is 0 Å². The van der Waals surface area contributed by atoms with Gasteiger partial charge >= 0.3 is 0 Å². The van der Waals surface area contributed by atoms with E-state index < -0.39 is 0 Å². The first kappa shape index (κ1) is 12.2. The summed E-state index contributed by atoms with van der Waals surface area (Å²) < 4.78 is 0. The molecule has 4 aromatic rings. The minimum Gasteiger partial charge on any atom is -0.361 e. The predicted octanol–water partition coefficient (Wildman–Crippen LogP) is 4.02. The molecule has 0 aliphatic carbocycles. The van der Waals surface area contributed by atoms with Crippen LogP contribution in [0.1, 0.15) is 0 Å². The van der Waals surface area contributed by atoms with Gasteiger partial charge in [0.15, 0.2) is 0 Å². The van der Waals surface area contributed by atoms with Crippen LogP contribution in [0.3, 0.4) is 0 Å². The third-order valence-electron chi connectivity index (χ3n) is 5.16. The Morgan fingerprint density at radius 1 is 0.583 bits per heavy atom. The highest BCUT2D eigenvalue weighted by atomic mass is 14.9. The van der Waals surface area contributed by atoms with Gasteiger partial charge in [-0.15, -0.1) is 0 Å². The minimum atomic E-state index is 1.21. The van der Waals surface area contributed by atoms with Crippen LogP contribution in [0.15, 0.2) is 61.0 Å². The van der Waals surface area contributed by atoms with Crippen LogP contribution < -0.4 is 21.1 Å². The summed E-state index contributed by atoms with van der Waals surface area (Å²) in [5.41, 5.74) is 2.41. The van der Waals surface area contributed by atoms with E-state index >= 15 is 0 Å². The molecule has 0 amide bonds. The molecule has 0 saturated carbocycles. The topological polar surface area (TPSA) is 24.1 Å². The van der Waals surface area contributed by atoms with E-state index in [-0.39, 0.29) is 0 Å². The lowest BCUT2D eigenvalue weighted by Gasteiger charge is -2.18. The fraction of sp³-hybridized carbons (Fsp3) is 0. The lowest BCUT2D eigenvalue weighted by atomic mass is 9.90. The van der Waals surface area contributed by atoms with E-state index in [1.165, 1.54) is 54.1 Å². The highest BCUT2D eigenvalue weighted by Gasteiger charge is 2.15. The molecule has 0 spiro atoms. The van der Waals surface area contributed by atoms with E-state index in [0.29, 0.717) is 0 Å². The van der Waals surface area contributed by atoms with Crippen molar-refractivity contribution in [3.05, 3.63) is 71.4 Å². The Bertz CT molecular complexity index is 1230. The van der Waals surface area contributed by atoms with Crippen LogP contribution in [0.2, 0.25) is 0 Å². The molecule has 4 aromatic carbocycles. The number of benzene rings is 4. The molecule has 0 unspecified atom stereocenters. The van der Waals surface area contributed by atoms with E-state index in [1.807, 2.05) is 12.4 Å². The zero-order chi connectivity index (χ0) is 15.7. The summed E-state index contributed by atoms with van der Waals surface area (Å²) in [4.78, 5) is 0. The van der Waals surface area contributed by atoms with Crippen LogP contribution >= 0.6 is 0 Å². The SMILES string of the molecule is C1=CNc2c(cc3ccc4c5c(cc6ccc2c3c64)=CC=CN5)=C1. The molecular formula is C22H14N2. The Morgan fingerprint density at radius 2 is 1.08 bits per heavy atom. The van der Waals surface area contributed by atoms with E-state index in [4.69, 9.17) is 0 Å². The lowest BCUT2D eigenvalue weighted by Crippen LogP contribution is -2.13. The summed E-state index contributed by atoms with van der Waals surface area (Å²) in [5.74, 6) is 0. The summed E-state index contributed by atoms with van der Waals surface area (Å²) in [6.45, 7) is 0. The first-order chi connectivity index (χ1) is 11.9. The van der Waals surface area contributed by atoms with Crippen molar-refractivity contribution < 1.29 is 0 Å². The third kappa shape index (κ3) is 1.41. The molecular weight excluding hydrogens is 292 g/mol. The molecule has 2 N–H and O–H groups in total. The van der Waals surface area contributed by atoms with Crippen LogP contribution in [-0.4, -0.2) is 0 Å². The van der Waals surface area contributed by atoms with Crippen LogP contribution in [-0.2, 0) is 0 Å². The normalized spacial score (nSPS) is 14.8. The molecule has 0 radical (unpaired) electrons. The average molecular weight is 306 g/mol. The molecule has 2 nitrogen and oxygen atoms in total. The van der Waals surface area contributed by atoms with Gasteiger partial charge < -0.3 is 10.6 Å². The van der Waals surface area contributed by atoms with Crippen molar-refractivity contribution in [2.45, 2.75) is 0 Å². The number of hydrogen-bond donors (Lipinski definition) is 2. The summed E-state index contributed by atoms with van der Waals surface area (Å²) in [5, 5.41) is 17.2. The average Bonchev–Trinajstić information content (AvgIpc) is 2.65. The van der Waals surface area contributed by atoms with E-state index in [2.05, 4.69) is 71.3 Å². The highest BCUT2D eigenvalue weighted by Crippen LogP contribution is 2.38. The molecule has 0 atom stereocenters. The molecule has 0 saturated heterocycles. The highest BCUT2D eigenvalue weighted by molar-refractivity contribution is 6.27. The van der Waals surface area contributed by atoms with Crippen molar-refractivity contribution >= 4 is 55.8 Å². The molecule has 0 fully saturated rings. The Kier molecular flexibility index (Phi) is 2.12. The van der Waals surface area contributed by atoms with Crippen molar-refractivity contribution in [3.8, 4) is 0 Å². The van der Waals surface area contributed by atoms with Gasteiger partial charge in [-0.1, -0.05) is 36.4 Å². The fourth-order valence-electron chi connectivity index (χ4n) is 4.15. The van der Waals surface area contributed by atoms with Crippen molar-refractivity contribution in [2.24, 2.45) is 0 Å². The Labute approximate surface area is 138 Å². The van der Waals surface area contributed by atoms with Gasteiger partial charge in [-0.2, -0.15) is 0 Å². The minimum absolute atomic E-state index is 1.21. The maximum Gasteiger partial charge on any atom is 0.0533 e. The fourth-order valence-corrected chi connectivity index (χ4v) is 4.15. The zero-order valence-corrected chi connectivity index (χ0v) is 12.9. The summed E-state index contributed by atoms with van der Waals surface area (Å²) in [7, 11) is 0. The second-order valence-electron chi connectivity index (χ2n) is 6.44. The Morgan fingerprint density at radius 3 is 1.58 bits per heavy atom. The summed E-state index contributed by atoms with van der Waals surface area (Å²) in [6, 6.07) is 13.6. The molecule has 2 aliphatic rings. The molecule has 0 bridgehead atoms. The Balaban J connectivity index is 1.93. The van der Waals surface area contributed by atoms with Gasteiger partial charge in [0.05, 0.1) is 11.4 Å². The smallest absolute Gasteiger partial charge is 0.0533 e. The molecule has 6 rings (SSSR count). The van der Waals surface area contributed by atoms with Crippen LogP contribution in [0, 0.1) is 0 Å². The van der Waals surface area contributed by atoms with Crippen LogP contribution in [0.4, 0.5) is 11.4 Å². The molecule has 2 heterocycles. The van der Waals surface area contributed by atoms with Crippen molar-refractivity contribution in [2.75, 3.05) is 10.6 Å². The standard InChI is InChI=1S/C22H14N2/c1-3-15-11-13-5-8-18-20-14(12-16-4-2-10-24-22(16)18)6-7-17(19(13)20)21(15)23-9-1/h1-12,23-24H. The van der Waals surface area contributed by atoms with Gasteiger partial charge in [-0.3, -0.25) is 0 Å². The second-order valence-corrected chi connectivity index (χ2v) is 6.44. The molecule has 24 heavy (non-hydrogen) atoms. The number of anilines is 2. The second kappa shape index (κ2) is 4.18. The maximum atomic E-state index is 3.43. The maximum absolute atomic E-state index is 3.43. The number of fused-ring (bicyclic) bond motifs is 4. The summed E-state index contributed by atoms with van der Waals surface area (Å²) >= 11 is 0. The van der Waals surface area contributed by atoms with E-state index in [1.54, 1.807) is 0 Å². The van der Waals surface area contributed by atoms with Gasteiger partial charge in [0.25, 0.3) is 0 Å². The number of allylic oxidation sites excluding steroid dienone is 2. The molecule has 0 aromatic heterocycles. The van der Waals surface area contributed by atoms with Gasteiger partial charge in [-0.05, 0) is 56.3 Å². The predicted molar refractivity (Wildman–Crippen MR) is 104 cm³/mol. The van der Waals surface area contributed by atoms with Gasteiger partial charge in [0.2, 0.25) is 0 Å². The molecule has 2 heteroatoms. The van der Waals surface area contributed by atoms with Gasteiger partial charge in [0, 0.05) is 23.2 Å². The van der Waals surface area contributed by atoms with Crippen molar-refractivity contribution in [3.63, 3.8) is 0 Å². The Hall–Kier alpha value is -3.26. The van der Waals surface area contributed by atoms with Crippen molar-refractivity contribution in [1.82, 2.24) is 0 Å². The number of hydrogen-bond acceptors (Lipinski definition) is 2. The molecule has 112 valence electrons. The first-order valence-electron chi connectivity index (χ1n) is 8.21. The van der Waals surface area contributed by atoms with E-state index in [0.717, 1.165) is 0 Å². The first-order valence-corrected chi connectivity index (χ1v) is 8.21. The quantitative estimate of drug-likeness (QED) is 0.479. The zero-order valence-electron chi connectivity index (χ0n) is 12.9. The van der Waals surface area contributed by atoms with Gasteiger partial charge in [-0.25, -0.2) is 0 Å². The van der Waals surface area contributed by atoms with Crippen molar-refractivity contribution in [1.29, 1.82) is 0 Å². The van der Waals surface area contributed by atoms with E-state index in [9.17, 15) is 0 Å². The third-order valence-corrected chi connectivity index (χ3v) is 5.16. The summed E-state index contributed by atoms with van der Waals surface area (Å²) in [6.07, 6.45) is 12.5. The molecule has 2 aliphatic heterocycles. The largest absolute Gasteiger partial charge is 0.361 e. The lowest BCUT2D eigenvalue weighted by molar-refractivity contribution is 1.54. The van der Waals surface area contributed by atoms with Crippen LogP contribution in [0.25, 0.3) is 44.5 Å². The monoisotopic (exact) mass is 306 g/mol. The van der Waals surface area contributed by atoms with Crippen LogP contribution in [0.5, 0.6) is 0 Å². The number of rotatable bonds is 0.